The van der Waals surface area contributed by atoms with E-state index in [0.29, 0.717) is 4.48 Å². The zero-order chi connectivity index (χ0) is 9.78. The average Bonchev–Trinajstić information content (AvgIpc) is 1.84. The minimum absolute atomic E-state index is 0.202. The van der Waals surface area contributed by atoms with E-state index in [1.807, 2.05) is 0 Å². The highest BCUT2D eigenvalue weighted by atomic mass is 79.9. The molecule has 0 bridgehead atoms. The van der Waals surface area contributed by atoms with Crippen molar-refractivity contribution < 1.29 is 18.3 Å². The van der Waals surface area contributed by atoms with Gasteiger partial charge in [-0.25, -0.2) is 0 Å². The Balaban J connectivity index is 3.58. The molecule has 0 aliphatic heterocycles. The van der Waals surface area contributed by atoms with Gasteiger partial charge in [0.15, 0.2) is 6.10 Å². The van der Waals surface area contributed by atoms with E-state index in [1.165, 1.54) is 0 Å². The van der Waals surface area contributed by atoms with Crippen LogP contribution in [0.3, 0.4) is 0 Å². The normalized spacial score (nSPS) is 14.4. The number of rotatable bonds is 4. The molecule has 0 aromatic rings. The Hall–Kier alpha value is -0.0700. The summed E-state index contributed by atoms with van der Waals surface area (Å²) in [7, 11) is 0. The molecule has 0 radical (unpaired) electrons. The van der Waals surface area contributed by atoms with Crippen LogP contribution in [-0.4, -0.2) is 30.5 Å². The minimum Gasteiger partial charge on any atom is -0.382 e. The fourth-order valence-electron chi connectivity index (χ4n) is 0.460. The number of hydrogen-bond donors (Lipinski definition) is 2. The largest absolute Gasteiger partial charge is 0.415 e. The molecule has 0 rings (SSSR count). The van der Waals surface area contributed by atoms with E-state index in [9.17, 15) is 13.2 Å². The van der Waals surface area contributed by atoms with Crippen molar-refractivity contribution in [3.05, 3.63) is 11.1 Å². The van der Waals surface area contributed by atoms with Gasteiger partial charge < -0.3 is 10.4 Å². The fourth-order valence-corrected chi connectivity index (χ4v) is 0.658. The molecule has 12 heavy (non-hydrogen) atoms. The van der Waals surface area contributed by atoms with Gasteiger partial charge in [-0.1, -0.05) is 22.5 Å². The predicted molar refractivity (Wildman–Crippen MR) is 43.0 cm³/mol. The van der Waals surface area contributed by atoms with Crippen molar-refractivity contribution in [1.29, 1.82) is 0 Å². The lowest BCUT2D eigenvalue weighted by Gasteiger charge is -2.14. The Bertz CT molecular complexity index is 159. The average molecular weight is 248 g/mol. The van der Waals surface area contributed by atoms with E-state index in [0.717, 1.165) is 0 Å². The summed E-state index contributed by atoms with van der Waals surface area (Å²) in [6, 6.07) is 0. The van der Waals surface area contributed by atoms with E-state index >= 15 is 0 Å². The van der Waals surface area contributed by atoms with Gasteiger partial charge in [-0.05, 0) is 0 Å². The number of halogens is 4. The van der Waals surface area contributed by atoms with Gasteiger partial charge in [0, 0.05) is 17.6 Å². The molecule has 0 spiro atoms. The molecule has 0 heterocycles. The van der Waals surface area contributed by atoms with Crippen LogP contribution in [0.2, 0.25) is 0 Å². The van der Waals surface area contributed by atoms with E-state index < -0.39 is 18.8 Å². The lowest BCUT2D eigenvalue weighted by molar-refractivity contribution is -0.201. The SMILES string of the molecule is C=C(Br)CNCC(O)C(F)(F)F. The fraction of sp³-hybridized carbons (Fsp3) is 0.667. The first-order valence-corrected chi connectivity index (χ1v) is 3.92. The quantitative estimate of drug-likeness (QED) is 0.788. The molecule has 1 atom stereocenters. The van der Waals surface area contributed by atoms with Crippen molar-refractivity contribution >= 4 is 15.9 Å². The zero-order valence-corrected chi connectivity index (χ0v) is 7.74. The predicted octanol–water partition coefficient (Wildman–Crippen LogP) is 1.41. The standard InChI is InChI=1S/C6H9BrF3NO/c1-4(7)2-11-3-5(12)6(8,9)10/h5,11-12H,1-3H2. The van der Waals surface area contributed by atoms with Crippen LogP contribution in [0.5, 0.6) is 0 Å². The molecule has 0 aliphatic rings. The zero-order valence-electron chi connectivity index (χ0n) is 6.16. The summed E-state index contributed by atoms with van der Waals surface area (Å²) in [5.74, 6) is 0. The van der Waals surface area contributed by atoms with Crippen LogP contribution >= 0.6 is 15.9 Å². The van der Waals surface area contributed by atoms with Gasteiger partial charge in [0.2, 0.25) is 0 Å². The van der Waals surface area contributed by atoms with Gasteiger partial charge in [-0.15, -0.1) is 0 Å². The molecular weight excluding hydrogens is 239 g/mol. The Kier molecular flexibility index (Phi) is 4.81. The Morgan fingerprint density at radius 1 is 1.58 bits per heavy atom. The second-order valence-corrected chi connectivity index (χ2v) is 3.33. The molecule has 1 unspecified atom stereocenters. The van der Waals surface area contributed by atoms with Crippen molar-refractivity contribution in [1.82, 2.24) is 5.32 Å². The summed E-state index contributed by atoms with van der Waals surface area (Å²) in [6.07, 6.45) is -6.87. The first kappa shape index (κ1) is 11.9. The highest BCUT2D eigenvalue weighted by Crippen LogP contribution is 2.19. The van der Waals surface area contributed by atoms with Crippen molar-refractivity contribution in [2.45, 2.75) is 12.3 Å². The van der Waals surface area contributed by atoms with E-state index in [-0.39, 0.29) is 6.54 Å². The van der Waals surface area contributed by atoms with E-state index in [2.05, 4.69) is 27.8 Å². The molecule has 0 fully saturated rings. The molecule has 6 heteroatoms. The van der Waals surface area contributed by atoms with E-state index in [4.69, 9.17) is 5.11 Å². The molecule has 0 saturated carbocycles. The summed E-state index contributed by atoms with van der Waals surface area (Å²) in [5.41, 5.74) is 0. The first-order valence-electron chi connectivity index (χ1n) is 3.13. The minimum atomic E-state index is -4.55. The Morgan fingerprint density at radius 3 is 2.42 bits per heavy atom. The van der Waals surface area contributed by atoms with Gasteiger partial charge in [-0.2, -0.15) is 13.2 Å². The Labute approximate surface area is 76.6 Å². The summed E-state index contributed by atoms with van der Waals surface area (Å²) in [5, 5.41) is 10.8. The van der Waals surface area contributed by atoms with Crippen LogP contribution in [-0.2, 0) is 0 Å². The van der Waals surface area contributed by atoms with Gasteiger partial charge in [0.25, 0.3) is 0 Å². The molecule has 0 aromatic carbocycles. The third-order valence-corrected chi connectivity index (χ3v) is 1.31. The highest BCUT2D eigenvalue weighted by Gasteiger charge is 2.37. The lowest BCUT2D eigenvalue weighted by atomic mass is 10.3. The van der Waals surface area contributed by atoms with Gasteiger partial charge in [-0.3, -0.25) is 0 Å². The van der Waals surface area contributed by atoms with Gasteiger partial charge in [0.1, 0.15) is 0 Å². The van der Waals surface area contributed by atoms with Crippen molar-refractivity contribution in [2.75, 3.05) is 13.1 Å². The third kappa shape index (κ3) is 5.56. The van der Waals surface area contributed by atoms with Crippen LogP contribution in [0.15, 0.2) is 11.1 Å². The number of aliphatic hydroxyl groups is 1. The van der Waals surface area contributed by atoms with Crippen molar-refractivity contribution in [3.63, 3.8) is 0 Å². The summed E-state index contributed by atoms with van der Waals surface area (Å²) < 4.78 is 35.5. The monoisotopic (exact) mass is 247 g/mol. The molecule has 0 amide bonds. The molecule has 2 nitrogen and oxygen atoms in total. The maximum atomic E-state index is 11.6. The van der Waals surface area contributed by atoms with Crippen LogP contribution in [0.4, 0.5) is 13.2 Å². The highest BCUT2D eigenvalue weighted by molar-refractivity contribution is 9.11. The second kappa shape index (κ2) is 4.84. The number of aliphatic hydroxyl groups excluding tert-OH is 1. The van der Waals surface area contributed by atoms with Crippen LogP contribution in [0, 0.1) is 0 Å². The third-order valence-electron chi connectivity index (χ3n) is 1.03. The summed E-state index contributed by atoms with van der Waals surface area (Å²) >= 11 is 2.96. The molecule has 0 saturated heterocycles. The van der Waals surface area contributed by atoms with Gasteiger partial charge in [0.05, 0.1) is 0 Å². The van der Waals surface area contributed by atoms with Gasteiger partial charge >= 0.3 is 6.18 Å². The molecule has 0 aliphatic carbocycles. The molecule has 0 aromatic heterocycles. The first-order chi connectivity index (χ1) is 5.34. The number of hydrogen-bond acceptors (Lipinski definition) is 2. The van der Waals surface area contributed by atoms with Crippen LogP contribution < -0.4 is 5.32 Å². The van der Waals surface area contributed by atoms with Crippen molar-refractivity contribution in [3.8, 4) is 0 Å². The second-order valence-electron chi connectivity index (χ2n) is 2.21. The molecule has 72 valence electrons. The Morgan fingerprint density at radius 2 is 2.08 bits per heavy atom. The van der Waals surface area contributed by atoms with Crippen LogP contribution in [0.25, 0.3) is 0 Å². The summed E-state index contributed by atoms with van der Waals surface area (Å²) in [6.45, 7) is 3.09. The molecular formula is C6H9BrF3NO. The maximum absolute atomic E-state index is 11.6. The topological polar surface area (TPSA) is 32.3 Å². The summed E-state index contributed by atoms with van der Waals surface area (Å²) in [4.78, 5) is 0. The maximum Gasteiger partial charge on any atom is 0.415 e. The smallest absolute Gasteiger partial charge is 0.382 e. The lowest BCUT2D eigenvalue weighted by Crippen LogP contribution is -2.38. The number of alkyl halides is 3. The van der Waals surface area contributed by atoms with Crippen molar-refractivity contribution in [2.24, 2.45) is 0 Å². The van der Waals surface area contributed by atoms with E-state index in [1.54, 1.807) is 0 Å². The number of nitrogens with one attached hydrogen (secondary N) is 1. The molecule has 2 N–H and O–H groups in total. The van der Waals surface area contributed by atoms with Crippen LogP contribution in [0.1, 0.15) is 0 Å².